The fraction of sp³-hybridized carbons (Fsp3) is 0.316. The van der Waals surface area contributed by atoms with Gasteiger partial charge in [0, 0.05) is 49.4 Å². The molecule has 0 radical (unpaired) electrons. The van der Waals surface area contributed by atoms with Gasteiger partial charge < -0.3 is 25.8 Å². The van der Waals surface area contributed by atoms with Crippen LogP contribution in [0.5, 0.6) is 5.88 Å². The molecular formula is C19H25FN4O2. The molecule has 1 aromatic heterocycles. The van der Waals surface area contributed by atoms with Crippen molar-refractivity contribution in [3.8, 4) is 5.88 Å². The number of hydrogen-bond donors (Lipinski definition) is 3. The quantitative estimate of drug-likeness (QED) is 0.626. The van der Waals surface area contributed by atoms with E-state index in [1.807, 2.05) is 24.0 Å². The topological polar surface area (TPSA) is 83.6 Å². The minimum absolute atomic E-state index is 0.0286. The van der Waals surface area contributed by atoms with Gasteiger partial charge in [0.25, 0.3) is 0 Å². The molecule has 0 atom stereocenters. The van der Waals surface area contributed by atoms with E-state index < -0.39 is 0 Å². The van der Waals surface area contributed by atoms with E-state index in [2.05, 4.69) is 10.3 Å². The Balaban J connectivity index is 1.97. The minimum atomic E-state index is -0.263. The summed E-state index contributed by atoms with van der Waals surface area (Å²) in [5.74, 6) is 0.222. The third-order valence-corrected chi connectivity index (χ3v) is 3.72. The molecular weight excluding hydrogens is 335 g/mol. The zero-order valence-corrected chi connectivity index (χ0v) is 14.9. The summed E-state index contributed by atoms with van der Waals surface area (Å²) in [4.78, 5) is 5.99. The zero-order valence-electron chi connectivity index (χ0n) is 14.9. The number of nitrogens with two attached hydrogens (primary N) is 1. The standard InChI is InChI=1S/C19H25FN4O2/c1-2-24(9-10-25)18-7-6-17(11-15(20)12-18)23-13-16(21)14-26-19-5-3-4-8-22-19/h3-8,11,13,23,25H,2,9-10,12,14,21H2,1H3/b16-13-. The van der Waals surface area contributed by atoms with Gasteiger partial charge in [-0.2, -0.15) is 0 Å². The number of ether oxygens (including phenoxy) is 1. The van der Waals surface area contributed by atoms with E-state index in [1.165, 1.54) is 6.08 Å². The predicted molar refractivity (Wildman–Crippen MR) is 99.4 cm³/mol. The van der Waals surface area contributed by atoms with Gasteiger partial charge in [-0.1, -0.05) is 6.07 Å². The van der Waals surface area contributed by atoms with Gasteiger partial charge in [-0.25, -0.2) is 9.37 Å². The van der Waals surface area contributed by atoms with E-state index in [-0.39, 0.29) is 25.5 Å². The Morgan fingerprint density at radius 2 is 2.31 bits per heavy atom. The molecule has 6 nitrogen and oxygen atoms in total. The van der Waals surface area contributed by atoms with Crippen LogP contribution in [0.15, 0.2) is 71.7 Å². The monoisotopic (exact) mass is 360 g/mol. The lowest BCUT2D eigenvalue weighted by Crippen LogP contribution is -2.26. The number of likely N-dealkylation sites (N-methyl/N-ethyl adjacent to an activating group) is 1. The van der Waals surface area contributed by atoms with E-state index in [1.54, 1.807) is 30.6 Å². The number of allylic oxidation sites excluding steroid dienone is 4. The summed E-state index contributed by atoms with van der Waals surface area (Å²) in [5.41, 5.74) is 7.76. The molecule has 4 N–H and O–H groups in total. The highest BCUT2D eigenvalue weighted by Gasteiger charge is 2.12. The van der Waals surface area contributed by atoms with Crippen molar-refractivity contribution in [2.75, 3.05) is 26.3 Å². The number of aliphatic hydroxyl groups is 1. The second-order valence-electron chi connectivity index (χ2n) is 5.67. The van der Waals surface area contributed by atoms with Crippen LogP contribution in [-0.2, 0) is 0 Å². The maximum absolute atomic E-state index is 14.1. The van der Waals surface area contributed by atoms with Crippen molar-refractivity contribution in [2.24, 2.45) is 5.73 Å². The van der Waals surface area contributed by atoms with Crippen molar-refractivity contribution >= 4 is 0 Å². The fourth-order valence-corrected chi connectivity index (χ4v) is 2.43. The van der Waals surface area contributed by atoms with Gasteiger partial charge in [0.15, 0.2) is 0 Å². The molecule has 0 unspecified atom stereocenters. The lowest BCUT2D eigenvalue weighted by atomic mass is 10.2. The third kappa shape index (κ3) is 6.25. The molecule has 0 fully saturated rings. The first kappa shape index (κ1) is 19.5. The van der Waals surface area contributed by atoms with Gasteiger partial charge in [0.1, 0.15) is 12.4 Å². The zero-order chi connectivity index (χ0) is 18.8. The van der Waals surface area contributed by atoms with Crippen molar-refractivity contribution in [1.82, 2.24) is 15.2 Å². The fourth-order valence-electron chi connectivity index (χ4n) is 2.43. The van der Waals surface area contributed by atoms with Crippen LogP contribution in [0, 0.1) is 0 Å². The van der Waals surface area contributed by atoms with Crippen LogP contribution in [0.25, 0.3) is 0 Å². The van der Waals surface area contributed by atoms with Crippen molar-refractivity contribution in [1.29, 1.82) is 0 Å². The average molecular weight is 360 g/mol. The molecule has 1 aliphatic rings. The number of pyridine rings is 1. The molecule has 0 bridgehead atoms. The Labute approximate surface area is 153 Å². The summed E-state index contributed by atoms with van der Waals surface area (Å²) in [7, 11) is 0. The highest BCUT2D eigenvalue weighted by atomic mass is 19.1. The molecule has 0 saturated heterocycles. The molecule has 2 rings (SSSR count). The van der Waals surface area contributed by atoms with Crippen molar-refractivity contribution in [3.63, 3.8) is 0 Å². The maximum atomic E-state index is 14.1. The van der Waals surface area contributed by atoms with Crippen molar-refractivity contribution in [2.45, 2.75) is 13.3 Å². The number of halogens is 1. The minimum Gasteiger partial charge on any atom is -0.471 e. The second kappa shape index (κ2) is 10.2. The van der Waals surface area contributed by atoms with E-state index >= 15 is 0 Å². The molecule has 0 saturated carbocycles. The summed E-state index contributed by atoms with van der Waals surface area (Å²) in [6.07, 6.45) is 8.46. The van der Waals surface area contributed by atoms with E-state index in [0.717, 1.165) is 5.70 Å². The molecule has 1 aliphatic carbocycles. The van der Waals surface area contributed by atoms with Crippen LogP contribution in [0.2, 0.25) is 0 Å². The molecule has 1 heterocycles. The maximum Gasteiger partial charge on any atom is 0.213 e. The number of nitrogens with one attached hydrogen (secondary N) is 1. The van der Waals surface area contributed by atoms with Crippen LogP contribution in [-0.4, -0.2) is 41.3 Å². The average Bonchev–Trinajstić information content (AvgIpc) is 2.84. The van der Waals surface area contributed by atoms with Gasteiger partial charge >= 0.3 is 0 Å². The Kier molecular flexibility index (Phi) is 7.70. The van der Waals surface area contributed by atoms with Crippen LogP contribution >= 0.6 is 0 Å². The Morgan fingerprint density at radius 1 is 1.46 bits per heavy atom. The van der Waals surface area contributed by atoms with E-state index in [9.17, 15) is 4.39 Å². The predicted octanol–water partition coefficient (Wildman–Crippen LogP) is 2.19. The normalized spacial score (nSPS) is 14.7. The molecule has 0 aliphatic heterocycles. The Hall–Kier alpha value is -2.80. The number of hydrogen-bond acceptors (Lipinski definition) is 6. The first-order chi connectivity index (χ1) is 12.6. The van der Waals surface area contributed by atoms with Crippen molar-refractivity contribution < 1.29 is 14.2 Å². The van der Waals surface area contributed by atoms with Crippen LogP contribution in [0.3, 0.4) is 0 Å². The van der Waals surface area contributed by atoms with Crippen molar-refractivity contribution in [3.05, 3.63) is 71.7 Å². The second-order valence-corrected chi connectivity index (χ2v) is 5.67. The van der Waals surface area contributed by atoms with Gasteiger partial charge in [0.05, 0.1) is 12.3 Å². The summed E-state index contributed by atoms with van der Waals surface area (Å²) >= 11 is 0. The van der Waals surface area contributed by atoms with Gasteiger partial charge in [-0.15, -0.1) is 0 Å². The van der Waals surface area contributed by atoms with Gasteiger partial charge in [-0.05, 0) is 31.2 Å². The summed E-state index contributed by atoms with van der Waals surface area (Å²) in [5, 5.41) is 12.1. The van der Waals surface area contributed by atoms with Gasteiger partial charge in [-0.3, -0.25) is 0 Å². The highest BCUT2D eigenvalue weighted by Crippen LogP contribution is 2.21. The van der Waals surface area contributed by atoms with Crippen LogP contribution in [0.1, 0.15) is 13.3 Å². The summed E-state index contributed by atoms with van der Waals surface area (Å²) in [6, 6.07) is 5.37. The Bertz CT molecular complexity index is 699. The third-order valence-electron chi connectivity index (χ3n) is 3.72. The molecule has 140 valence electrons. The molecule has 7 heteroatoms. The number of aliphatic hydroxyl groups excluding tert-OH is 1. The molecule has 0 amide bonds. The summed E-state index contributed by atoms with van der Waals surface area (Å²) in [6.45, 7) is 3.35. The van der Waals surface area contributed by atoms with Crippen LogP contribution in [0.4, 0.5) is 4.39 Å². The Morgan fingerprint density at radius 3 is 3.00 bits per heavy atom. The smallest absolute Gasteiger partial charge is 0.213 e. The van der Waals surface area contributed by atoms with E-state index in [4.69, 9.17) is 15.6 Å². The van der Waals surface area contributed by atoms with Gasteiger partial charge in [0.2, 0.25) is 5.88 Å². The molecule has 0 spiro atoms. The first-order valence-electron chi connectivity index (χ1n) is 8.50. The SMILES string of the molecule is CCN(CCO)C1=CC=C(N/C=C(\N)COc2ccccn2)C=C(F)C1. The first-order valence-corrected chi connectivity index (χ1v) is 8.50. The lowest BCUT2D eigenvalue weighted by Gasteiger charge is -2.24. The molecule has 26 heavy (non-hydrogen) atoms. The van der Waals surface area contributed by atoms with Crippen LogP contribution < -0.4 is 15.8 Å². The largest absolute Gasteiger partial charge is 0.471 e. The number of aromatic nitrogens is 1. The molecule has 0 aromatic carbocycles. The lowest BCUT2D eigenvalue weighted by molar-refractivity contribution is 0.228. The highest BCUT2D eigenvalue weighted by molar-refractivity contribution is 5.33. The summed E-state index contributed by atoms with van der Waals surface area (Å²) < 4.78 is 19.6. The van der Waals surface area contributed by atoms with E-state index in [0.29, 0.717) is 30.4 Å². The number of nitrogens with zero attached hydrogens (tertiary/aromatic N) is 2. The molecule has 1 aromatic rings. The number of rotatable bonds is 9.